The maximum atomic E-state index is 12.2. The second kappa shape index (κ2) is 6.50. The topological polar surface area (TPSA) is 72.2 Å². The zero-order valence-electron chi connectivity index (χ0n) is 11.1. The highest BCUT2D eigenvalue weighted by Gasteiger charge is 2.27. The predicted molar refractivity (Wildman–Crippen MR) is 77.0 cm³/mol. The SMILES string of the molecule is NCC1CCCCC1NS(=O)(=O)Cc1ccccc1. The zero-order chi connectivity index (χ0) is 13.7. The van der Waals surface area contributed by atoms with Gasteiger partial charge in [0.05, 0.1) is 5.75 Å². The summed E-state index contributed by atoms with van der Waals surface area (Å²) in [5.74, 6) is 0.320. The molecule has 0 heterocycles. The van der Waals surface area contributed by atoms with E-state index in [9.17, 15) is 8.42 Å². The third-order valence-electron chi connectivity index (χ3n) is 3.74. The lowest BCUT2D eigenvalue weighted by Gasteiger charge is -2.31. The standard InChI is InChI=1S/C14H22N2O2S/c15-10-13-8-4-5-9-14(13)16-19(17,18)11-12-6-2-1-3-7-12/h1-3,6-7,13-14,16H,4-5,8-11,15H2. The van der Waals surface area contributed by atoms with Gasteiger partial charge in [0.15, 0.2) is 0 Å². The summed E-state index contributed by atoms with van der Waals surface area (Å²) in [5, 5.41) is 0. The fourth-order valence-corrected chi connectivity index (χ4v) is 4.20. The van der Waals surface area contributed by atoms with E-state index in [1.54, 1.807) is 0 Å². The molecule has 1 aromatic rings. The lowest BCUT2D eigenvalue weighted by atomic mass is 9.85. The molecule has 1 aliphatic carbocycles. The molecule has 0 radical (unpaired) electrons. The van der Waals surface area contributed by atoms with Gasteiger partial charge in [0.25, 0.3) is 0 Å². The molecule has 19 heavy (non-hydrogen) atoms. The molecule has 0 spiro atoms. The predicted octanol–water partition coefficient (Wildman–Crippen LogP) is 1.62. The third kappa shape index (κ3) is 4.30. The van der Waals surface area contributed by atoms with Gasteiger partial charge in [0, 0.05) is 6.04 Å². The highest BCUT2D eigenvalue weighted by atomic mass is 32.2. The fourth-order valence-electron chi connectivity index (χ4n) is 2.71. The van der Waals surface area contributed by atoms with Gasteiger partial charge < -0.3 is 5.73 Å². The van der Waals surface area contributed by atoms with Crippen LogP contribution in [0.1, 0.15) is 31.2 Å². The first-order valence-corrected chi connectivity index (χ1v) is 8.50. The van der Waals surface area contributed by atoms with Crippen LogP contribution in [0.3, 0.4) is 0 Å². The molecule has 5 heteroatoms. The Morgan fingerprint density at radius 2 is 1.84 bits per heavy atom. The number of hydrogen-bond donors (Lipinski definition) is 2. The second-order valence-corrected chi connectivity index (χ2v) is 7.00. The molecule has 0 aliphatic heterocycles. The lowest BCUT2D eigenvalue weighted by Crippen LogP contribution is -2.45. The molecule has 0 aromatic heterocycles. The summed E-state index contributed by atoms with van der Waals surface area (Å²) in [6.45, 7) is 0.554. The molecular formula is C14H22N2O2S. The van der Waals surface area contributed by atoms with Gasteiger partial charge in [0.1, 0.15) is 0 Å². The number of nitrogens with one attached hydrogen (secondary N) is 1. The van der Waals surface area contributed by atoms with Crippen molar-refractivity contribution < 1.29 is 8.42 Å². The van der Waals surface area contributed by atoms with E-state index in [0.29, 0.717) is 6.54 Å². The van der Waals surface area contributed by atoms with Crippen molar-refractivity contribution in [1.82, 2.24) is 4.72 Å². The van der Waals surface area contributed by atoms with E-state index < -0.39 is 10.0 Å². The van der Waals surface area contributed by atoms with Crippen LogP contribution >= 0.6 is 0 Å². The summed E-state index contributed by atoms with van der Waals surface area (Å²) in [7, 11) is -3.28. The summed E-state index contributed by atoms with van der Waals surface area (Å²) in [6.07, 6.45) is 4.15. The molecule has 0 amide bonds. The Morgan fingerprint density at radius 3 is 2.53 bits per heavy atom. The van der Waals surface area contributed by atoms with E-state index in [4.69, 9.17) is 5.73 Å². The Kier molecular flexibility index (Phi) is 4.96. The minimum atomic E-state index is -3.28. The van der Waals surface area contributed by atoms with Crippen molar-refractivity contribution in [3.05, 3.63) is 35.9 Å². The van der Waals surface area contributed by atoms with Crippen LogP contribution in [0.15, 0.2) is 30.3 Å². The smallest absolute Gasteiger partial charge is 0.216 e. The number of rotatable bonds is 5. The van der Waals surface area contributed by atoms with Gasteiger partial charge in [-0.05, 0) is 30.9 Å². The normalized spacial score (nSPS) is 24.3. The monoisotopic (exact) mass is 282 g/mol. The largest absolute Gasteiger partial charge is 0.330 e. The highest BCUT2D eigenvalue weighted by molar-refractivity contribution is 7.88. The van der Waals surface area contributed by atoms with Gasteiger partial charge in [-0.2, -0.15) is 0 Å². The van der Waals surface area contributed by atoms with Crippen molar-refractivity contribution in [3.63, 3.8) is 0 Å². The maximum absolute atomic E-state index is 12.2. The van der Waals surface area contributed by atoms with Crippen LogP contribution < -0.4 is 10.5 Å². The van der Waals surface area contributed by atoms with Crippen LogP contribution in [0.4, 0.5) is 0 Å². The van der Waals surface area contributed by atoms with Crippen LogP contribution in [-0.2, 0) is 15.8 Å². The average molecular weight is 282 g/mol. The molecular weight excluding hydrogens is 260 g/mol. The van der Waals surface area contributed by atoms with Crippen LogP contribution in [0.2, 0.25) is 0 Å². The van der Waals surface area contributed by atoms with Crippen LogP contribution in [0.25, 0.3) is 0 Å². The minimum absolute atomic E-state index is 0.00691. The molecule has 2 atom stereocenters. The Morgan fingerprint density at radius 1 is 1.16 bits per heavy atom. The van der Waals surface area contributed by atoms with Gasteiger partial charge in [-0.3, -0.25) is 0 Å². The molecule has 1 aliphatic rings. The van der Waals surface area contributed by atoms with E-state index in [0.717, 1.165) is 31.2 Å². The number of sulfonamides is 1. The van der Waals surface area contributed by atoms with Crippen LogP contribution in [0, 0.1) is 5.92 Å². The molecule has 4 nitrogen and oxygen atoms in total. The van der Waals surface area contributed by atoms with Crippen molar-refractivity contribution in [3.8, 4) is 0 Å². The summed E-state index contributed by atoms with van der Waals surface area (Å²) in [5.41, 5.74) is 6.55. The summed E-state index contributed by atoms with van der Waals surface area (Å²) in [4.78, 5) is 0. The van der Waals surface area contributed by atoms with E-state index in [-0.39, 0.29) is 17.7 Å². The molecule has 3 N–H and O–H groups in total. The van der Waals surface area contributed by atoms with Crippen molar-refractivity contribution in [2.75, 3.05) is 6.54 Å². The molecule has 2 unspecified atom stereocenters. The van der Waals surface area contributed by atoms with Gasteiger partial charge in [-0.25, -0.2) is 13.1 Å². The Bertz CT molecular complexity index is 487. The van der Waals surface area contributed by atoms with E-state index >= 15 is 0 Å². The van der Waals surface area contributed by atoms with Crippen LogP contribution in [-0.4, -0.2) is 21.0 Å². The second-order valence-electron chi connectivity index (χ2n) is 5.25. The molecule has 0 saturated heterocycles. The summed E-state index contributed by atoms with van der Waals surface area (Å²) >= 11 is 0. The van der Waals surface area contributed by atoms with Crippen molar-refractivity contribution in [2.45, 2.75) is 37.5 Å². The molecule has 2 rings (SSSR count). The van der Waals surface area contributed by atoms with Gasteiger partial charge in [-0.1, -0.05) is 43.2 Å². The van der Waals surface area contributed by atoms with E-state index in [2.05, 4.69) is 4.72 Å². The van der Waals surface area contributed by atoms with Crippen molar-refractivity contribution in [2.24, 2.45) is 11.7 Å². The summed E-state index contributed by atoms with van der Waals surface area (Å²) < 4.78 is 27.2. The Hall–Kier alpha value is -0.910. The van der Waals surface area contributed by atoms with E-state index in [1.165, 1.54) is 0 Å². The Balaban J connectivity index is 2.00. The first kappa shape index (κ1) is 14.5. The molecule has 0 bridgehead atoms. The quantitative estimate of drug-likeness (QED) is 0.862. The third-order valence-corrected chi connectivity index (χ3v) is 5.12. The molecule has 106 valence electrons. The van der Waals surface area contributed by atoms with Crippen LogP contribution in [0.5, 0.6) is 0 Å². The van der Waals surface area contributed by atoms with Crippen molar-refractivity contribution in [1.29, 1.82) is 0 Å². The van der Waals surface area contributed by atoms with E-state index in [1.807, 2.05) is 30.3 Å². The van der Waals surface area contributed by atoms with Gasteiger partial charge in [0.2, 0.25) is 10.0 Å². The van der Waals surface area contributed by atoms with Crippen molar-refractivity contribution >= 4 is 10.0 Å². The minimum Gasteiger partial charge on any atom is -0.330 e. The van der Waals surface area contributed by atoms with Gasteiger partial charge in [-0.15, -0.1) is 0 Å². The molecule has 1 fully saturated rings. The fraction of sp³-hybridized carbons (Fsp3) is 0.571. The average Bonchev–Trinajstić information content (AvgIpc) is 2.39. The van der Waals surface area contributed by atoms with Gasteiger partial charge >= 0.3 is 0 Å². The maximum Gasteiger partial charge on any atom is 0.216 e. The zero-order valence-corrected chi connectivity index (χ0v) is 11.9. The first-order chi connectivity index (χ1) is 9.11. The molecule has 1 aromatic carbocycles. The summed E-state index contributed by atoms with van der Waals surface area (Å²) in [6, 6.07) is 9.27. The number of hydrogen-bond acceptors (Lipinski definition) is 3. The first-order valence-electron chi connectivity index (χ1n) is 6.85. The molecule has 1 saturated carbocycles. The lowest BCUT2D eigenvalue weighted by molar-refractivity contribution is 0.296. The Labute approximate surface area is 115 Å². The number of nitrogens with two attached hydrogens (primary N) is 1. The highest BCUT2D eigenvalue weighted by Crippen LogP contribution is 2.24. The number of benzene rings is 1.